The first-order chi connectivity index (χ1) is 11.0. The van der Waals surface area contributed by atoms with Crippen molar-refractivity contribution in [3.8, 4) is 0 Å². The SMILES string of the molecule is CS(=O)(=O)N(CCC(=O)NCc1ccncc1)c1ccccc1. The Labute approximate surface area is 136 Å². The van der Waals surface area contributed by atoms with Crippen LogP contribution in [0.4, 0.5) is 5.69 Å². The molecule has 0 bridgehead atoms. The van der Waals surface area contributed by atoms with Crippen LogP contribution >= 0.6 is 0 Å². The van der Waals surface area contributed by atoms with Gasteiger partial charge in [0.15, 0.2) is 0 Å². The van der Waals surface area contributed by atoms with E-state index in [1.165, 1.54) is 4.31 Å². The van der Waals surface area contributed by atoms with Crippen LogP contribution in [0.2, 0.25) is 0 Å². The molecule has 1 amide bonds. The fourth-order valence-corrected chi connectivity index (χ4v) is 3.00. The van der Waals surface area contributed by atoms with Crippen LogP contribution in [0, 0.1) is 0 Å². The summed E-state index contributed by atoms with van der Waals surface area (Å²) in [6.45, 7) is 0.497. The maximum absolute atomic E-state index is 11.9. The van der Waals surface area contributed by atoms with E-state index in [1.807, 2.05) is 18.2 Å². The van der Waals surface area contributed by atoms with Gasteiger partial charge in [-0.3, -0.25) is 14.1 Å². The van der Waals surface area contributed by atoms with Crippen LogP contribution in [0.25, 0.3) is 0 Å². The molecule has 0 aliphatic carbocycles. The maximum atomic E-state index is 11.9. The standard InChI is InChI=1S/C16H19N3O3S/c1-23(21,22)19(15-5-3-2-4-6-15)12-9-16(20)18-13-14-7-10-17-11-8-14/h2-8,10-11H,9,12-13H2,1H3,(H,18,20). The molecule has 1 aromatic carbocycles. The number of para-hydroxylation sites is 1. The Morgan fingerprint density at radius 1 is 1.13 bits per heavy atom. The number of aromatic nitrogens is 1. The Bertz CT molecular complexity index is 734. The highest BCUT2D eigenvalue weighted by molar-refractivity contribution is 7.92. The first kappa shape index (κ1) is 17.0. The molecule has 122 valence electrons. The van der Waals surface area contributed by atoms with Crippen LogP contribution in [-0.2, 0) is 21.4 Å². The molecule has 0 saturated heterocycles. The average Bonchev–Trinajstić information content (AvgIpc) is 2.54. The smallest absolute Gasteiger partial charge is 0.232 e. The van der Waals surface area contributed by atoms with E-state index in [0.29, 0.717) is 12.2 Å². The molecule has 2 aromatic rings. The van der Waals surface area contributed by atoms with E-state index < -0.39 is 10.0 Å². The Morgan fingerprint density at radius 2 is 1.78 bits per heavy atom. The molecule has 0 fully saturated rings. The molecule has 0 aliphatic rings. The number of nitrogens with zero attached hydrogens (tertiary/aromatic N) is 2. The lowest BCUT2D eigenvalue weighted by Gasteiger charge is -2.22. The minimum Gasteiger partial charge on any atom is -0.352 e. The van der Waals surface area contributed by atoms with Gasteiger partial charge in [0.05, 0.1) is 11.9 Å². The van der Waals surface area contributed by atoms with E-state index in [0.717, 1.165) is 11.8 Å². The van der Waals surface area contributed by atoms with E-state index in [-0.39, 0.29) is 18.9 Å². The molecule has 7 heteroatoms. The lowest BCUT2D eigenvalue weighted by atomic mass is 10.2. The van der Waals surface area contributed by atoms with Crippen LogP contribution in [-0.4, -0.2) is 32.1 Å². The highest BCUT2D eigenvalue weighted by Gasteiger charge is 2.18. The van der Waals surface area contributed by atoms with Crippen LogP contribution in [0.15, 0.2) is 54.9 Å². The molecule has 0 unspecified atom stereocenters. The summed E-state index contributed by atoms with van der Waals surface area (Å²) in [6.07, 6.45) is 4.53. The summed E-state index contributed by atoms with van der Waals surface area (Å²) in [5, 5.41) is 2.77. The largest absolute Gasteiger partial charge is 0.352 e. The third-order valence-electron chi connectivity index (χ3n) is 3.23. The molecular weight excluding hydrogens is 314 g/mol. The Hall–Kier alpha value is -2.41. The molecule has 2 rings (SSSR count). The zero-order valence-electron chi connectivity index (χ0n) is 12.8. The van der Waals surface area contributed by atoms with Crippen molar-refractivity contribution in [2.75, 3.05) is 17.1 Å². The number of sulfonamides is 1. The van der Waals surface area contributed by atoms with Gasteiger partial charge in [-0.25, -0.2) is 8.42 Å². The van der Waals surface area contributed by atoms with Crippen molar-refractivity contribution in [2.24, 2.45) is 0 Å². The van der Waals surface area contributed by atoms with Crippen LogP contribution in [0.3, 0.4) is 0 Å². The predicted octanol–water partition coefficient (Wildman–Crippen LogP) is 1.55. The van der Waals surface area contributed by atoms with Gasteiger partial charge in [-0.2, -0.15) is 0 Å². The predicted molar refractivity (Wildman–Crippen MR) is 89.3 cm³/mol. The number of anilines is 1. The Morgan fingerprint density at radius 3 is 2.39 bits per heavy atom. The minimum absolute atomic E-state index is 0.0903. The van der Waals surface area contributed by atoms with Crippen molar-refractivity contribution in [3.05, 3.63) is 60.4 Å². The van der Waals surface area contributed by atoms with Crippen LogP contribution < -0.4 is 9.62 Å². The summed E-state index contributed by atoms with van der Waals surface area (Å²) >= 11 is 0. The minimum atomic E-state index is -3.44. The number of pyridine rings is 1. The van der Waals surface area contributed by atoms with Gasteiger partial charge in [0.25, 0.3) is 0 Å². The first-order valence-corrected chi connectivity index (χ1v) is 9.00. The van der Waals surface area contributed by atoms with Crippen molar-refractivity contribution in [2.45, 2.75) is 13.0 Å². The van der Waals surface area contributed by atoms with Gasteiger partial charge in [0.1, 0.15) is 0 Å². The molecule has 23 heavy (non-hydrogen) atoms. The second-order valence-electron chi connectivity index (χ2n) is 5.05. The molecule has 0 aliphatic heterocycles. The quantitative estimate of drug-likeness (QED) is 0.834. The van der Waals surface area contributed by atoms with E-state index in [4.69, 9.17) is 0 Å². The summed E-state index contributed by atoms with van der Waals surface area (Å²) in [4.78, 5) is 15.8. The Kier molecular flexibility index (Phi) is 5.70. The molecule has 1 heterocycles. The fourth-order valence-electron chi connectivity index (χ4n) is 2.07. The molecule has 6 nitrogen and oxygen atoms in total. The lowest BCUT2D eigenvalue weighted by Crippen LogP contribution is -2.34. The highest BCUT2D eigenvalue weighted by Crippen LogP contribution is 2.16. The van der Waals surface area contributed by atoms with Crippen molar-refractivity contribution in [1.29, 1.82) is 0 Å². The van der Waals surface area contributed by atoms with E-state index >= 15 is 0 Å². The third kappa shape index (κ3) is 5.37. The van der Waals surface area contributed by atoms with Crippen molar-refractivity contribution < 1.29 is 13.2 Å². The normalized spacial score (nSPS) is 11.0. The lowest BCUT2D eigenvalue weighted by molar-refractivity contribution is -0.121. The number of carbonyl (C=O) groups is 1. The van der Waals surface area contributed by atoms with Crippen molar-refractivity contribution in [3.63, 3.8) is 0 Å². The fraction of sp³-hybridized carbons (Fsp3) is 0.250. The second-order valence-corrected chi connectivity index (χ2v) is 6.96. The summed E-state index contributed by atoms with van der Waals surface area (Å²) in [5.74, 6) is -0.202. The van der Waals surface area contributed by atoms with Gasteiger partial charge in [-0.05, 0) is 29.8 Å². The van der Waals surface area contributed by atoms with Crippen molar-refractivity contribution in [1.82, 2.24) is 10.3 Å². The van der Waals surface area contributed by atoms with E-state index in [1.54, 1.807) is 36.7 Å². The average molecular weight is 333 g/mol. The van der Waals surface area contributed by atoms with E-state index in [2.05, 4.69) is 10.3 Å². The van der Waals surface area contributed by atoms with Gasteiger partial charge in [0, 0.05) is 31.9 Å². The number of nitrogens with one attached hydrogen (secondary N) is 1. The number of benzene rings is 1. The molecule has 0 spiro atoms. The second kappa shape index (κ2) is 7.73. The van der Waals surface area contributed by atoms with Gasteiger partial charge >= 0.3 is 0 Å². The summed E-state index contributed by atoms with van der Waals surface area (Å²) in [5.41, 5.74) is 1.49. The monoisotopic (exact) mass is 333 g/mol. The topological polar surface area (TPSA) is 79.4 Å². The first-order valence-electron chi connectivity index (χ1n) is 7.15. The molecule has 1 N–H and O–H groups in total. The molecule has 0 atom stereocenters. The van der Waals surface area contributed by atoms with Gasteiger partial charge in [-0.1, -0.05) is 18.2 Å². The summed E-state index contributed by atoms with van der Waals surface area (Å²) in [7, 11) is -3.44. The number of hydrogen-bond donors (Lipinski definition) is 1. The highest BCUT2D eigenvalue weighted by atomic mass is 32.2. The summed E-state index contributed by atoms with van der Waals surface area (Å²) in [6, 6.07) is 12.4. The number of amides is 1. The Balaban J connectivity index is 1.92. The van der Waals surface area contributed by atoms with Gasteiger partial charge < -0.3 is 5.32 Å². The zero-order chi connectivity index (χ0) is 16.7. The summed E-state index contributed by atoms with van der Waals surface area (Å²) < 4.78 is 25.1. The van der Waals surface area contributed by atoms with Gasteiger partial charge in [0.2, 0.25) is 15.9 Å². The van der Waals surface area contributed by atoms with Crippen molar-refractivity contribution >= 4 is 21.6 Å². The molecule has 0 saturated carbocycles. The third-order valence-corrected chi connectivity index (χ3v) is 4.42. The molecular formula is C16H19N3O3S. The van der Waals surface area contributed by atoms with E-state index in [9.17, 15) is 13.2 Å². The number of rotatable bonds is 7. The van der Waals surface area contributed by atoms with Crippen LogP contribution in [0.1, 0.15) is 12.0 Å². The zero-order valence-corrected chi connectivity index (χ0v) is 13.7. The molecule has 0 radical (unpaired) electrons. The number of hydrogen-bond acceptors (Lipinski definition) is 4. The van der Waals surface area contributed by atoms with Crippen LogP contribution in [0.5, 0.6) is 0 Å². The number of carbonyl (C=O) groups excluding carboxylic acids is 1. The maximum Gasteiger partial charge on any atom is 0.232 e. The van der Waals surface area contributed by atoms with Gasteiger partial charge in [-0.15, -0.1) is 0 Å². The molecule has 1 aromatic heterocycles.